The Morgan fingerprint density at radius 1 is 0.884 bits per heavy atom. The van der Waals surface area contributed by atoms with Gasteiger partial charge < -0.3 is 30.3 Å². The summed E-state index contributed by atoms with van der Waals surface area (Å²) in [5, 5.41) is 14.7. The summed E-state index contributed by atoms with van der Waals surface area (Å²) >= 11 is 0. The van der Waals surface area contributed by atoms with Crippen LogP contribution in [0.2, 0.25) is 0 Å². The smallest absolute Gasteiger partial charge is 0.410 e. The zero-order valence-corrected chi connectivity index (χ0v) is 24.3. The molecule has 230 valence electrons. The number of benzene rings is 2. The van der Waals surface area contributed by atoms with E-state index in [4.69, 9.17) is 4.74 Å². The number of hydrogen-bond acceptors (Lipinski definition) is 6. The molecule has 0 aliphatic carbocycles. The van der Waals surface area contributed by atoms with Crippen LogP contribution in [0.15, 0.2) is 60.7 Å². The molecule has 2 atom stereocenters. The van der Waals surface area contributed by atoms with Crippen molar-refractivity contribution in [2.24, 2.45) is 5.92 Å². The average Bonchev–Trinajstić information content (AvgIpc) is 3.03. The zero-order chi connectivity index (χ0) is 30.6. The van der Waals surface area contributed by atoms with Gasteiger partial charge in [-0.2, -0.15) is 0 Å². The van der Waals surface area contributed by atoms with E-state index in [0.29, 0.717) is 56.9 Å². The molecule has 1 unspecified atom stereocenters. The Morgan fingerprint density at radius 2 is 1.56 bits per heavy atom. The highest BCUT2D eigenvalue weighted by atomic mass is 16.6. The molecule has 43 heavy (non-hydrogen) atoms. The van der Waals surface area contributed by atoms with E-state index in [9.17, 15) is 29.1 Å². The molecule has 2 aromatic rings. The third-order valence-corrected chi connectivity index (χ3v) is 8.00. The molecule has 2 saturated heterocycles. The Bertz CT molecular complexity index is 1250. The molecular weight excluding hydrogens is 552 g/mol. The Hall–Kier alpha value is -4.41. The van der Waals surface area contributed by atoms with Crippen molar-refractivity contribution >= 4 is 29.8 Å². The van der Waals surface area contributed by atoms with Crippen molar-refractivity contribution in [3.63, 3.8) is 0 Å². The molecule has 2 fully saturated rings. The number of carbonyl (C=O) groups excluding carboxylic acids is 4. The predicted octanol–water partition coefficient (Wildman–Crippen LogP) is 3.20. The summed E-state index contributed by atoms with van der Waals surface area (Å²) in [5.41, 5.74) is 1.27. The van der Waals surface area contributed by atoms with E-state index in [0.717, 1.165) is 24.8 Å². The SMILES string of the molecule is O=C(O)C[C@@H](NC(=O)c1ccccc1)C(=O)NC1CCCN(C(=O)CCC2CCN(C(=O)OCc3ccccc3)CC2)C1. The van der Waals surface area contributed by atoms with Crippen LogP contribution in [0.5, 0.6) is 0 Å². The summed E-state index contributed by atoms with van der Waals surface area (Å²) in [6.45, 7) is 2.38. The third kappa shape index (κ3) is 9.83. The first kappa shape index (κ1) is 31.5. The number of carboxylic acid groups (broad SMARTS) is 1. The van der Waals surface area contributed by atoms with E-state index in [-0.39, 0.29) is 24.6 Å². The van der Waals surface area contributed by atoms with Gasteiger partial charge in [0.15, 0.2) is 0 Å². The molecule has 2 heterocycles. The van der Waals surface area contributed by atoms with Crippen LogP contribution in [0.3, 0.4) is 0 Å². The zero-order valence-electron chi connectivity index (χ0n) is 24.3. The lowest BCUT2D eigenvalue weighted by Gasteiger charge is -2.35. The fourth-order valence-corrected chi connectivity index (χ4v) is 5.54. The Labute approximate surface area is 251 Å². The molecule has 4 amide bonds. The number of ether oxygens (including phenoxy) is 1. The number of likely N-dealkylation sites (tertiary alicyclic amines) is 2. The molecule has 0 saturated carbocycles. The highest BCUT2D eigenvalue weighted by molar-refractivity contribution is 5.98. The lowest BCUT2D eigenvalue weighted by molar-refractivity contribution is -0.140. The van der Waals surface area contributed by atoms with Crippen molar-refractivity contribution < 1.29 is 33.8 Å². The largest absolute Gasteiger partial charge is 0.481 e. The quantitative estimate of drug-likeness (QED) is 0.363. The lowest BCUT2D eigenvalue weighted by Crippen LogP contribution is -2.55. The van der Waals surface area contributed by atoms with Gasteiger partial charge in [0.25, 0.3) is 5.91 Å². The number of nitrogens with one attached hydrogen (secondary N) is 2. The van der Waals surface area contributed by atoms with Crippen LogP contribution in [0.4, 0.5) is 4.79 Å². The standard InChI is InChI=1S/C32H40N4O7/c37-28(14-13-23-15-18-35(19-16-23)32(42)43-22-24-8-3-1-4-9-24)36-17-7-12-26(21-36)33-31(41)27(20-29(38)39)34-30(40)25-10-5-2-6-11-25/h1-6,8-11,23,26-27H,7,12-22H2,(H,33,41)(H,34,40)(H,38,39)/t26?,27-/m1/s1. The monoisotopic (exact) mass is 592 g/mol. The van der Waals surface area contributed by atoms with E-state index in [1.54, 1.807) is 40.1 Å². The molecule has 2 aliphatic heterocycles. The first-order valence-electron chi connectivity index (χ1n) is 14.9. The Morgan fingerprint density at radius 3 is 2.23 bits per heavy atom. The van der Waals surface area contributed by atoms with Gasteiger partial charge in [-0.05, 0) is 55.7 Å². The van der Waals surface area contributed by atoms with Crippen molar-refractivity contribution in [1.29, 1.82) is 0 Å². The van der Waals surface area contributed by atoms with Gasteiger partial charge in [0.2, 0.25) is 11.8 Å². The first-order valence-corrected chi connectivity index (χ1v) is 14.9. The third-order valence-electron chi connectivity index (χ3n) is 8.00. The minimum Gasteiger partial charge on any atom is -0.481 e. The molecule has 11 heteroatoms. The van der Waals surface area contributed by atoms with Crippen molar-refractivity contribution in [3.8, 4) is 0 Å². The number of aliphatic carboxylic acids is 1. The van der Waals surface area contributed by atoms with Crippen molar-refractivity contribution in [2.45, 2.75) is 63.6 Å². The molecule has 0 radical (unpaired) electrons. The van der Waals surface area contributed by atoms with Crippen molar-refractivity contribution in [1.82, 2.24) is 20.4 Å². The maximum absolute atomic E-state index is 13.0. The van der Waals surface area contributed by atoms with E-state index in [2.05, 4.69) is 10.6 Å². The number of amides is 4. The number of piperidine rings is 2. The van der Waals surface area contributed by atoms with Crippen LogP contribution in [-0.2, 0) is 25.7 Å². The highest BCUT2D eigenvalue weighted by Crippen LogP contribution is 2.24. The minimum absolute atomic E-state index is 0.0168. The van der Waals surface area contributed by atoms with Crippen LogP contribution in [-0.4, -0.2) is 83.0 Å². The molecule has 2 aromatic carbocycles. The summed E-state index contributed by atoms with van der Waals surface area (Å²) in [7, 11) is 0. The van der Waals surface area contributed by atoms with Gasteiger partial charge in [0.05, 0.1) is 6.42 Å². The molecule has 0 spiro atoms. The average molecular weight is 593 g/mol. The predicted molar refractivity (Wildman–Crippen MR) is 158 cm³/mol. The second kappa shape index (κ2) is 15.7. The summed E-state index contributed by atoms with van der Waals surface area (Å²) in [5.74, 6) is -1.96. The Balaban J connectivity index is 1.18. The number of rotatable bonds is 11. The van der Waals surface area contributed by atoms with Crippen LogP contribution in [0.25, 0.3) is 0 Å². The van der Waals surface area contributed by atoms with Gasteiger partial charge in [0.1, 0.15) is 12.6 Å². The second-order valence-electron chi connectivity index (χ2n) is 11.2. The molecule has 0 aromatic heterocycles. The van der Waals surface area contributed by atoms with Gasteiger partial charge in [-0.1, -0.05) is 48.5 Å². The minimum atomic E-state index is -1.24. The molecular formula is C32H40N4O7. The summed E-state index contributed by atoms with van der Waals surface area (Å²) < 4.78 is 5.44. The van der Waals surface area contributed by atoms with E-state index in [1.165, 1.54) is 0 Å². The molecule has 3 N–H and O–H groups in total. The topological polar surface area (TPSA) is 145 Å². The number of carboxylic acids is 1. The fourth-order valence-electron chi connectivity index (χ4n) is 5.54. The summed E-state index contributed by atoms with van der Waals surface area (Å²) in [4.78, 5) is 65.9. The van der Waals surface area contributed by atoms with Crippen molar-refractivity contribution in [3.05, 3.63) is 71.8 Å². The molecule has 11 nitrogen and oxygen atoms in total. The molecule has 4 rings (SSSR count). The van der Waals surface area contributed by atoms with E-state index in [1.807, 2.05) is 30.3 Å². The highest BCUT2D eigenvalue weighted by Gasteiger charge is 2.30. The summed E-state index contributed by atoms with van der Waals surface area (Å²) in [6, 6.07) is 16.3. The van der Waals surface area contributed by atoms with Crippen LogP contribution >= 0.6 is 0 Å². The number of nitrogens with zero attached hydrogens (tertiary/aromatic N) is 2. The fraction of sp³-hybridized carbons (Fsp3) is 0.469. The maximum Gasteiger partial charge on any atom is 0.410 e. The lowest BCUT2D eigenvalue weighted by atomic mass is 9.92. The molecule has 0 bridgehead atoms. The van der Waals surface area contributed by atoms with Gasteiger partial charge in [0, 0.05) is 44.2 Å². The van der Waals surface area contributed by atoms with Gasteiger partial charge in [-0.15, -0.1) is 0 Å². The second-order valence-corrected chi connectivity index (χ2v) is 11.2. The summed E-state index contributed by atoms with van der Waals surface area (Å²) in [6.07, 6.45) is 3.23. The van der Waals surface area contributed by atoms with Gasteiger partial charge >= 0.3 is 12.1 Å². The van der Waals surface area contributed by atoms with Gasteiger partial charge in [-0.25, -0.2) is 4.79 Å². The normalized spacial score (nSPS) is 17.9. The van der Waals surface area contributed by atoms with Gasteiger partial charge in [-0.3, -0.25) is 19.2 Å². The first-order chi connectivity index (χ1) is 20.8. The van der Waals surface area contributed by atoms with E-state index >= 15 is 0 Å². The number of hydrogen-bond donors (Lipinski definition) is 3. The van der Waals surface area contributed by atoms with Crippen molar-refractivity contribution in [2.75, 3.05) is 26.2 Å². The van der Waals surface area contributed by atoms with E-state index < -0.39 is 30.2 Å². The maximum atomic E-state index is 13.0. The molecule has 2 aliphatic rings. The van der Waals surface area contributed by atoms with Crippen LogP contribution in [0.1, 0.15) is 60.9 Å². The Kier molecular flexibility index (Phi) is 11.5. The number of carbonyl (C=O) groups is 5. The van der Waals surface area contributed by atoms with Crippen LogP contribution in [0, 0.1) is 5.92 Å². The van der Waals surface area contributed by atoms with Crippen LogP contribution < -0.4 is 10.6 Å².